The Morgan fingerprint density at radius 1 is 1.28 bits per heavy atom. The predicted octanol–water partition coefficient (Wildman–Crippen LogP) is 1.92. The maximum Gasteiger partial charge on any atom is 0.0990 e. The highest BCUT2D eigenvalue weighted by atomic mass is 14.9. The number of rotatable bonds is 3. The summed E-state index contributed by atoms with van der Waals surface area (Å²) in [7, 11) is 2.02. The van der Waals surface area contributed by atoms with Crippen LogP contribution in [-0.4, -0.2) is 14.0 Å². The Labute approximate surface area is 106 Å². The molecule has 4 nitrogen and oxygen atoms in total. The van der Waals surface area contributed by atoms with Crippen molar-refractivity contribution in [3.05, 3.63) is 60.4 Å². The SMILES string of the molecule is Cn1ccc(CC(N)c2ccn3cnccc23)c1. The Morgan fingerprint density at radius 2 is 2.17 bits per heavy atom. The van der Waals surface area contributed by atoms with Gasteiger partial charge in [0.1, 0.15) is 0 Å². The molecule has 3 aromatic rings. The quantitative estimate of drug-likeness (QED) is 0.760. The van der Waals surface area contributed by atoms with E-state index in [1.165, 1.54) is 11.1 Å². The number of aryl methyl sites for hydroxylation is 1. The van der Waals surface area contributed by atoms with E-state index < -0.39 is 0 Å². The Morgan fingerprint density at radius 3 is 2.94 bits per heavy atom. The van der Waals surface area contributed by atoms with Crippen LogP contribution < -0.4 is 5.73 Å². The number of nitrogens with zero attached hydrogens (tertiary/aromatic N) is 3. The summed E-state index contributed by atoms with van der Waals surface area (Å²) in [5.74, 6) is 0. The predicted molar refractivity (Wildman–Crippen MR) is 71.2 cm³/mol. The van der Waals surface area contributed by atoms with Gasteiger partial charge in [0.25, 0.3) is 0 Å². The van der Waals surface area contributed by atoms with Gasteiger partial charge in [0.05, 0.1) is 11.8 Å². The molecule has 0 saturated carbocycles. The molecule has 0 aliphatic carbocycles. The highest BCUT2D eigenvalue weighted by Gasteiger charge is 2.12. The van der Waals surface area contributed by atoms with Gasteiger partial charge in [-0.3, -0.25) is 0 Å². The van der Waals surface area contributed by atoms with Crippen molar-refractivity contribution in [1.82, 2.24) is 14.0 Å². The first-order valence-corrected chi connectivity index (χ1v) is 6.01. The minimum absolute atomic E-state index is 0.0137. The van der Waals surface area contributed by atoms with E-state index in [9.17, 15) is 0 Å². The smallest absolute Gasteiger partial charge is 0.0990 e. The van der Waals surface area contributed by atoms with Crippen LogP contribution in [0.5, 0.6) is 0 Å². The van der Waals surface area contributed by atoms with E-state index in [0.29, 0.717) is 0 Å². The van der Waals surface area contributed by atoms with Crippen molar-refractivity contribution in [3.63, 3.8) is 0 Å². The molecule has 1 unspecified atom stereocenters. The summed E-state index contributed by atoms with van der Waals surface area (Å²) < 4.78 is 4.05. The van der Waals surface area contributed by atoms with Crippen molar-refractivity contribution in [2.45, 2.75) is 12.5 Å². The Balaban J connectivity index is 1.90. The van der Waals surface area contributed by atoms with Crippen LogP contribution in [0.4, 0.5) is 0 Å². The lowest BCUT2D eigenvalue weighted by atomic mass is 10.0. The van der Waals surface area contributed by atoms with Crippen molar-refractivity contribution in [2.24, 2.45) is 12.8 Å². The number of hydrogen-bond donors (Lipinski definition) is 1. The molecule has 2 N–H and O–H groups in total. The first-order chi connectivity index (χ1) is 8.74. The van der Waals surface area contributed by atoms with Gasteiger partial charge in [-0.05, 0) is 35.7 Å². The van der Waals surface area contributed by atoms with Gasteiger partial charge in [0.15, 0.2) is 0 Å². The highest BCUT2D eigenvalue weighted by Crippen LogP contribution is 2.21. The van der Waals surface area contributed by atoms with Crippen LogP contribution in [0, 0.1) is 0 Å². The molecular formula is C14H16N4. The third-order valence-corrected chi connectivity index (χ3v) is 3.25. The maximum absolute atomic E-state index is 6.30. The fourth-order valence-corrected chi connectivity index (χ4v) is 2.34. The molecule has 0 aromatic carbocycles. The van der Waals surface area contributed by atoms with E-state index in [-0.39, 0.29) is 6.04 Å². The van der Waals surface area contributed by atoms with Crippen LogP contribution in [0.25, 0.3) is 5.52 Å². The lowest BCUT2D eigenvalue weighted by Gasteiger charge is -2.09. The topological polar surface area (TPSA) is 48.2 Å². The molecule has 0 saturated heterocycles. The zero-order valence-corrected chi connectivity index (χ0v) is 10.3. The van der Waals surface area contributed by atoms with Crippen LogP contribution in [-0.2, 0) is 13.5 Å². The van der Waals surface area contributed by atoms with E-state index >= 15 is 0 Å². The van der Waals surface area contributed by atoms with Crippen LogP contribution >= 0.6 is 0 Å². The molecule has 0 aliphatic rings. The van der Waals surface area contributed by atoms with Gasteiger partial charge in [-0.2, -0.15) is 0 Å². The molecule has 3 heterocycles. The minimum atomic E-state index is 0.0137. The first kappa shape index (κ1) is 11.0. The van der Waals surface area contributed by atoms with Gasteiger partial charge >= 0.3 is 0 Å². The fraction of sp³-hybridized carbons (Fsp3) is 0.214. The van der Waals surface area contributed by atoms with Gasteiger partial charge in [0.2, 0.25) is 0 Å². The zero-order valence-electron chi connectivity index (χ0n) is 10.3. The molecule has 92 valence electrons. The molecule has 0 aliphatic heterocycles. The number of fused-ring (bicyclic) bond motifs is 1. The van der Waals surface area contributed by atoms with Gasteiger partial charge < -0.3 is 14.7 Å². The van der Waals surface area contributed by atoms with Crippen molar-refractivity contribution < 1.29 is 0 Å². The molecule has 0 radical (unpaired) electrons. The second-order valence-corrected chi connectivity index (χ2v) is 4.64. The van der Waals surface area contributed by atoms with E-state index in [2.05, 4.69) is 23.3 Å². The Bertz CT molecular complexity index is 665. The van der Waals surface area contributed by atoms with E-state index in [4.69, 9.17) is 5.73 Å². The zero-order chi connectivity index (χ0) is 12.5. The maximum atomic E-state index is 6.30. The van der Waals surface area contributed by atoms with Crippen molar-refractivity contribution in [2.75, 3.05) is 0 Å². The molecule has 0 fully saturated rings. The summed E-state index contributed by atoms with van der Waals surface area (Å²) in [6, 6.07) is 6.20. The average Bonchev–Trinajstić information content (AvgIpc) is 2.95. The van der Waals surface area contributed by atoms with Crippen LogP contribution in [0.1, 0.15) is 17.2 Å². The van der Waals surface area contributed by atoms with Crippen LogP contribution in [0.15, 0.2) is 49.3 Å². The largest absolute Gasteiger partial charge is 0.357 e. The normalized spacial score (nSPS) is 13.0. The van der Waals surface area contributed by atoms with Gasteiger partial charge in [-0.1, -0.05) is 0 Å². The van der Waals surface area contributed by atoms with Gasteiger partial charge in [-0.25, -0.2) is 4.98 Å². The number of aromatic nitrogens is 3. The second kappa shape index (κ2) is 4.31. The highest BCUT2D eigenvalue weighted by molar-refractivity contribution is 5.56. The standard InChI is InChI=1S/C14H16N4/c1-17-6-3-11(9-17)8-13(15)12-4-7-18-10-16-5-2-14(12)18/h2-7,9-10,13H,8,15H2,1H3. The molecule has 4 heteroatoms. The molecule has 0 bridgehead atoms. The molecular weight excluding hydrogens is 224 g/mol. The van der Waals surface area contributed by atoms with E-state index in [0.717, 1.165) is 11.9 Å². The van der Waals surface area contributed by atoms with Crippen LogP contribution in [0.2, 0.25) is 0 Å². The lowest BCUT2D eigenvalue weighted by Crippen LogP contribution is -2.12. The first-order valence-electron chi connectivity index (χ1n) is 6.01. The summed E-state index contributed by atoms with van der Waals surface area (Å²) in [4.78, 5) is 4.09. The third kappa shape index (κ3) is 1.91. The van der Waals surface area contributed by atoms with E-state index in [1.807, 2.05) is 34.5 Å². The average molecular weight is 240 g/mol. The lowest BCUT2D eigenvalue weighted by molar-refractivity contribution is 0.726. The fourth-order valence-electron chi connectivity index (χ4n) is 2.34. The minimum Gasteiger partial charge on any atom is -0.357 e. The van der Waals surface area contributed by atoms with Crippen molar-refractivity contribution >= 4 is 5.52 Å². The van der Waals surface area contributed by atoms with Crippen molar-refractivity contribution in [1.29, 1.82) is 0 Å². The third-order valence-electron chi connectivity index (χ3n) is 3.25. The molecule has 0 spiro atoms. The summed E-state index contributed by atoms with van der Waals surface area (Å²) in [6.45, 7) is 0. The molecule has 3 aromatic heterocycles. The summed E-state index contributed by atoms with van der Waals surface area (Å²) in [6.07, 6.45) is 10.6. The van der Waals surface area contributed by atoms with Gasteiger partial charge in [0, 0.05) is 37.9 Å². The molecule has 0 amide bonds. The number of hydrogen-bond acceptors (Lipinski definition) is 2. The summed E-state index contributed by atoms with van der Waals surface area (Å²) in [5, 5.41) is 0. The second-order valence-electron chi connectivity index (χ2n) is 4.64. The summed E-state index contributed by atoms with van der Waals surface area (Å²) >= 11 is 0. The van der Waals surface area contributed by atoms with Gasteiger partial charge in [-0.15, -0.1) is 0 Å². The van der Waals surface area contributed by atoms with Crippen molar-refractivity contribution in [3.8, 4) is 0 Å². The number of nitrogens with two attached hydrogens (primary N) is 1. The molecule has 3 rings (SSSR count). The van der Waals surface area contributed by atoms with Crippen LogP contribution in [0.3, 0.4) is 0 Å². The Kier molecular flexibility index (Phi) is 2.64. The molecule has 18 heavy (non-hydrogen) atoms. The van der Waals surface area contributed by atoms with E-state index in [1.54, 1.807) is 12.5 Å². The monoisotopic (exact) mass is 240 g/mol. The Hall–Kier alpha value is -2.07. The summed E-state index contributed by atoms with van der Waals surface area (Å²) in [5.41, 5.74) is 9.87. The molecule has 1 atom stereocenters.